The standard InChI is InChI=1S/C16H18N2O3/c1-20-15-10-13(7-8-18-15)12-5-3-11(4-6-12)9-14(17)16(19)21-2/h3-8,10,14H,9,17H2,1-2H3/t14-/m0/s1. The van der Waals surface area contributed by atoms with Crippen LogP contribution in [-0.2, 0) is 16.0 Å². The van der Waals surface area contributed by atoms with Crippen molar-refractivity contribution in [2.24, 2.45) is 5.73 Å². The summed E-state index contributed by atoms with van der Waals surface area (Å²) in [6.07, 6.45) is 2.15. The summed E-state index contributed by atoms with van der Waals surface area (Å²) in [5.74, 6) is 0.169. The molecule has 5 heteroatoms. The minimum atomic E-state index is -0.637. The number of hydrogen-bond donors (Lipinski definition) is 1. The largest absolute Gasteiger partial charge is 0.481 e. The predicted molar refractivity (Wildman–Crippen MR) is 79.9 cm³/mol. The summed E-state index contributed by atoms with van der Waals surface area (Å²) in [5.41, 5.74) is 8.80. The number of carbonyl (C=O) groups is 1. The first-order chi connectivity index (χ1) is 10.1. The maximum atomic E-state index is 11.3. The fraction of sp³-hybridized carbons (Fsp3) is 0.250. The van der Waals surface area contributed by atoms with Crippen LogP contribution in [0.2, 0.25) is 0 Å². The first kappa shape index (κ1) is 15.0. The summed E-state index contributed by atoms with van der Waals surface area (Å²) in [7, 11) is 2.92. The molecule has 5 nitrogen and oxygen atoms in total. The molecule has 0 fully saturated rings. The van der Waals surface area contributed by atoms with Gasteiger partial charge in [0, 0.05) is 12.3 Å². The lowest BCUT2D eigenvalue weighted by molar-refractivity contribution is -0.142. The van der Waals surface area contributed by atoms with Gasteiger partial charge < -0.3 is 15.2 Å². The van der Waals surface area contributed by atoms with Gasteiger partial charge in [-0.15, -0.1) is 0 Å². The lowest BCUT2D eigenvalue weighted by atomic mass is 10.0. The molecular formula is C16H18N2O3. The number of esters is 1. The van der Waals surface area contributed by atoms with Crippen LogP contribution in [0.4, 0.5) is 0 Å². The lowest BCUT2D eigenvalue weighted by Gasteiger charge is -2.10. The van der Waals surface area contributed by atoms with Crippen molar-refractivity contribution in [1.29, 1.82) is 0 Å². The van der Waals surface area contributed by atoms with Crippen molar-refractivity contribution < 1.29 is 14.3 Å². The van der Waals surface area contributed by atoms with E-state index in [4.69, 9.17) is 10.5 Å². The lowest BCUT2D eigenvalue weighted by Crippen LogP contribution is -2.33. The van der Waals surface area contributed by atoms with Crippen molar-refractivity contribution in [2.75, 3.05) is 14.2 Å². The molecule has 21 heavy (non-hydrogen) atoms. The summed E-state index contributed by atoms with van der Waals surface area (Å²) in [5, 5.41) is 0. The summed E-state index contributed by atoms with van der Waals surface area (Å²) >= 11 is 0. The van der Waals surface area contributed by atoms with Crippen LogP contribution in [0.5, 0.6) is 5.88 Å². The molecule has 0 amide bonds. The van der Waals surface area contributed by atoms with E-state index in [1.165, 1.54) is 7.11 Å². The number of nitrogens with zero attached hydrogens (tertiary/aromatic N) is 1. The van der Waals surface area contributed by atoms with E-state index in [-0.39, 0.29) is 0 Å². The van der Waals surface area contributed by atoms with Crippen LogP contribution in [0.3, 0.4) is 0 Å². The highest BCUT2D eigenvalue weighted by molar-refractivity contribution is 5.75. The molecule has 1 aromatic heterocycles. The van der Waals surface area contributed by atoms with Gasteiger partial charge in [-0.05, 0) is 29.2 Å². The monoisotopic (exact) mass is 286 g/mol. The third kappa shape index (κ3) is 3.79. The Morgan fingerprint density at radius 1 is 1.19 bits per heavy atom. The van der Waals surface area contributed by atoms with E-state index in [0.717, 1.165) is 16.7 Å². The summed E-state index contributed by atoms with van der Waals surface area (Å²) in [6.45, 7) is 0. The van der Waals surface area contributed by atoms with Gasteiger partial charge in [-0.1, -0.05) is 24.3 Å². The second-order valence-electron chi connectivity index (χ2n) is 4.62. The quantitative estimate of drug-likeness (QED) is 0.848. The van der Waals surface area contributed by atoms with Gasteiger partial charge in [-0.3, -0.25) is 4.79 Å². The maximum Gasteiger partial charge on any atom is 0.322 e. The van der Waals surface area contributed by atoms with Crippen molar-refractivity contribution in [3.8, 4) is 17.0 Å². The van der Waals surface area contributed by atoms with Gasteiger partial charge in [0.05, 0.1) is 14.2 Å². The van der Waals surface area contributed by atoms with Crippen molar-refractivity contribution in [1.82, 2.24) is 4.98 Å². The SMILES string of the molecule is COC(=O)[C@@H](N)Cc1ccc(-c2ccnc(OC)c2)cc1. The van der Waals surface area contributed by atoms with Crippen molar-refractivity contribution in [2.45, 2.75) is 12.5 Å². The van der Waals surface area contributed by atoms with E-state index in [1.54, 1.807) is 13.3 Å². The molecule has 2 rings (SSSR count). The number of methoxy groups -OCH3 is 2. The van der Waals surface area contributed by atoms with Crippen LogP contribution in [0, 0.1) is 0 Å². The molecule has 0 aliphatic rings. The van der Waals surface area contributed by atoms with Crippen LogP contribution in [0.25, 0.3) is 11.1 Å². The van der Waals surface area contributed by atoms with Crippen LogP contribution in [0.1, 0.15) is 5.56 Å². The summed E-state index contributed by atoms with van der Waals surface area (Å²) in [6, 6.07) is 11.0. The average Bonchev–Trinajstić information content (AvgIpc) is 2.54. The van der Waals surface area contributed by atoms with Gasteiger partial charge in [0.25, 0.3) is 0 Å². The van der Waals surface area contributed by atoms with E-state index < -0.39 is 12.0 Å². The van der Waals surface area contributed by atoms with E-state index in [9.17, 15) is 4.79 Å². The average molecular weight is 286 g/mol. The highest BCUT2D eigenvalue weighted by atomic mass is 16.5. The topological polar surface area (TPSA) is 74.4 Å². The van der Waals surface area contributed by atoms with Gasteiger partial charge in [-0.2, -0.15) is 0 Å². The maximum absolute atomic E-state index is 11.3. The fourth-order valence-electron chi connectivity index (χ4n) is 2.02. The van der Waals surface area contributed by atoms with Gasteiger partial charge in [0.1, 0.15) is 6.04 Å². The van der Waals surface area contributed by atoms with Crippen LogP contribution < -0.4 is 10.5 Å². The van der Waals surface area contributed by atoms with Crippen LogP contribution in [0.15, 0.2) is 42.6 Å². The zero-order chi connectivity index (χ0) is 15.2. The van der Waals surface area contributed by atoms with Crippen molar-refractivity contribution in [3.05, 3.63) is 48.2 Å². The normalized spacial score (nSPS) is 11.8. The number of nitrogens with two attached hydrogens (primary N) is 1. The first-order valence-electron chi connectivity index (χ1n) is 6.57. The Hall–Kier alpha value is -2.40. The second kappa shape index (κ2) is 6.85. The van der Waals surface area contributed by atoms with Crippen LogP contribution >= 0.6 is 0 Å². The predicted octanol–water partition coefficient (Wildman–Crippen LogP) is 1.80. The zero-order valence-electron chi connectivity index (χ0n) is 12.1. The Morgan fingerprint density at radius 3 is 2.52 bits per heavy atom. The fourth-order valence-corrected chi connectivity index (χ4v) is 2.02. The number of hydrogen-bond acceptors (Lipinski definition) is 5. The molecule has 2 N–H and O–H groups in total. The first-order valence-corrected chi connectivity index (χ1v) is 6.57. The van der Waals surface area contributed by atoms with Crippen LogP contribution in [-0.4, -0.2) is 31.2 Å². The molecule has 110 valence electrons. The molecule has 0 bridgehead atoms. The molecule has 1 aromatic carbocycles. The minimum Gasteiger partial charge on any atom is -0.481 e. The van der Waals surface area contributed by atoms with E-state index in [0.29, 0.717) is 12.3 Å². The Balaban J connectivity index is 2.13. The number of benzene rings is 1. The van der Waals surface area contributed by atoms with Gasteiger partial charge in [-0.25, -0.2) is 4.98 Å². The minimum absolute atomic E-state index is 0.405. The Bertz CT molecular complexity index is 611. The smallest absolute Gasteiger partial charge is 0.322 e. The van der Waals surface area contributed by atoms with Crippen molar-refractivity contribution in [3.63, 3.8) is 0 Å². The molecule has 2 aromatic rings. The summed E-state index contributed by atoms with van der Waals surface area (Å²) in [4.78, 5) is 15.4. The summed E-state index contributed by atoms with van der Waals surface area (Å²) < 4.78 is 9.73. The number of ether oxygens (including phenoxy) is 2. The Labute approximate surface area is 123 Å². The molecule has 0 aliphatic heterocycles. The molecule has 0 saturated carbocycles. The molecular weight excluding hydrogens is 268 g/mol. The van der Waals surface area contributed by atoms with E-state index >= 15 is 0 Å². The van der Waals surface area contributed by atoms with Gasteiger partial charge in [0.2, 0.25) is 5.88 Å². The Kier molecular flexibility index (Phi) is 4.90. The highest BCUT2D eigenvalue weighted by Crippen LogP contribution is 2.22. The molecule has 0 saturated heterocycles. The van der Waals surface area contributed by atoms with Gasteiger partial charge in [0.15, 0.2) is 0 Å². The number of aromatic nitrogens is 1. The number of rotatable bonds is 5. The van der Waals surface area contributed by atoms with E-state index in [2.05, 4.69) is 9.72 Å². The molecule has 0 unspecified atom stereocenters. The number of carbonyl (C=O) groups excluding carboxylic acids is 1. The van der Waals surface area contributed by atoms with Gasteiger partial charge >= 0.3 is 5.97 Å². The second-order valence-corrected chi connectivity index (χ2v) is 4.62. The van der Waals surface area contributed by atoms with E-state index in [1.807, 2.05) is 36.4 Å². The third-order valence-corrected chi connectivity index (χ3v) is 3.19. The Morgan fingerprint density at radius 2 is 1.90 bits per heavy atom. The molecule has 0 spiro atoms. The third-order valence-electron chi connectivity index (χ3n) is 3.19. The zero-order valence-corrected chi connectivity index (χ0v) is 12.1. The molecule has 1 heterocycles. The highest BCUT2D eigenvalue weighted by Gasteiger charge is 2.14. The number of pyridine rings is 1. The molecule has 0 radical (unpaired) electrons. The molecule has 0 aliphatic carbocycles. The van der Waals surface area contributed by atoms with Crippen molar-refractivity contribution >= 4 is 5.97 Å². The molecule has 1 atom stereocenters.